The number of nitrogens with two attached hydrogens (primary N) is 1. The second kappa shape index (κ2) is 4.23. The van der Waals surface area contributed by atoms with E-state index in [9.17, 15) is 18.0 Å². The second-order valence-corrected chi connectivity index (χ2v) is 5.10. The number of halogens is 3. The number of rotatable bonds is 3. The van der Waals surface area contributed by atoms with Crippen molar-refractivity contribution in [2.24, 2.45) is 5.73 Å². The van der Waals surface area contributed by atoms with E-state index in [0.717, 1.165) is 0 Å². The highest BCUT2D eigenvalue weighted by Crippen LogP contribution is 2.49. The van der Waals surface area contributed by atoms with E-state index >= 15 is 0 Å². The maximum Gasteiger partial charge on any atom is 0.411 e. The second-order valence-electron chi connectivity index (χ2n) is 5.10. The number of benzene rings is 1. The van der Waals surface area contributed by atoms with Crippen LogP contribution in [-0.4, -0.2) is 17.6 Å². The molecule has 104 valence electrons. The SMILES string of the molecule is CC(N)(C(=O)NC1(C(F)(F)F)CC1)c1ccccc1. The molecule has 1 saturated carbocycles. The fraction of sp³-hybridized carbons (Fsp3) is 0.462. The molecule has 1 aliphatic rings. The Labute approximate surface area is 109 Å². The molecule has 0 radical (unpaired) electrons. The van der Waals surface area contributed by atoms with Crippen molar-refractivity contribution in [1.29, 1.82) is 0 Å². The highest BCUT2D eigenvalue weighted by Gasteiger charge is 2.65. The van der Waals surface area contributed by atoms with Gasteiger partial charge in [0.15, 0.2) is 0 Å². The lowest BCUT2D eigenvalue weighted by molar-refractivity contribution is -0.171. The van der Waals surface area contributed by atoms with Gasteiger partial charge in [0.25, 0.3) is 0 Å². The molecule has 1 aliphatic carbocycles. The summed E-state index contributed by atoms with van der Waals surface area (Å²) >= 11 is 0. The van der Waals surface area contributed by atoms with E-state index in [2.05, 4.69) is 5.32 Å². The van der Waals surface area contributed by atoms with Gasteiger partial charge in [-0.05, 0) is 25.3 Å². The Kier molecular flexibility index (Phi) is 3.09. The molecule has 0 bridgehead atoms. The fourth-order valence-electron chi connectivity index (χ4n) is 1.87. The minimum atomic E-state index is -4.44. The van der Waals surface area contributed by atoms with Gasteiger partial charge in [-0.3, -0.25) is 4.79 Å². The van der Waals surface area contributed by atoms with Crippen molar-refractivity contribution in [3.05, 3.63) is 35.9 Å². The number of hydrogen-bond acceptors (Lipinski definition) is 2. The molecule has 3 N–H and O–H groups in total. The van der Waals surface area contributed by atoms with Crippen LogP contribution in [0.15, 0.2) is 30.3 Å². The van der Waals surface area contributed by atoms with Gasteiger partial charge in [-0.15, -0.1) is 0 Å². The molecule has 2 rings (SSSR count). The number of alkyl halides is 3. The van der Waals surface area contributed by atoms with Gasteiger partial charge in [-0.25, -0.2) is 0 Å². The molecule has 1 aromatic carbocycles. The number of carbonyl (C=O) groups is 1. The van der Waals surface area contributed by atoms with Crippen molar-refractivity contribution in [2.45, 2.75) is 37.0 Å². The van der Waals surface area contributed by atoms with Crippen LogP contribution in [0.4, 0.5) is 13.2 Å². The molecule has 3 nitrogen and oxygen atoms in total. The van der Waals surface area contributed by atoms with Gasteiger partial charge in [0.1, 0.15) is 11.1 Å². The predicted octanol–water partition coefficient (Wildman–Crippen LogP) is 2.07. The van der Waals surface area contributed by atoms with Crippen LogP contribution in [-0.2, 0) is 10.3 Å². The van der Waals surface area contributed by atoms with Gasteiger partial charge in [0, 0.05) is 0 Å². The number of nitrogens with one attached hydrogen (secondary N) is 1. The number of hydrogen-bond donors (Lipinski definition) is 2. The first-order valence-electron chi connectivity index (χ1n) is 5.93. The summed E-state index contributed by atoms with van der Waals surface area (Å²) in [5.41, 5.74) is 2.79. The Hall–Kier alpha value is -1.56. The van der Waals surface area contributed by atoms with Crippen molar-refractivity contribution in [1.82, 2.24) is 5.32 Å². The molecule has 19 heavy (non-hydrogen) atoms. The van der Waals surface area contributed by atoms with E-state index in [-0.39, 0.29) is 12.8 Å². The van der Waals surface area contributed by atoms with E-state index in [0.29, 0.717) is 5.56 Å². The maximum absolute atomic E-state index is 12.8. The first-order valence-corrected chi connectivity index (χ1v) is 5.93. The minimum absolute atomic E-state index is 0.0902. The van der Waals surface area contributed by atoms with Crippen LogP contribution in [0.3, 0.4) is 0 Å². The summed E-state index contributed by atoms with van der Waals surface area (Å²) in [6, 6.07) is 8.35. The quantitative estimate of drug-likeness (QED) is 0.885. The minimum Gasteiger partial charge on any atom is -0.340 e. The topological polar surface area (TPSA) is 55.1 Å². The lowest BCUT2D eigenvalue weighted by Gasteiger charge is -2.28. The molecular formula is C13H15F3N2O. The molecule has 6 heteroatoms. The van der Waals surface area contributed by atoms with Crippen molar-refractivity contribution in [3.8, 4) is 0 Å². The van der Waals surface area contributed by atoms with Crippen molar-refractivity contribution in [3.63, 3.8) is 0 Å². The third-order valence-electron chi connectivity index (χ3n) is 3.49. The molecule has 1 aromatic rings. The predicted molar refractivity (Wildman–Crippen MR) is 64.1 cm³/mol. The van der Waals surface area contributed by atoms with Gasteiger partial charge in [-0.1, -0.05) is 30.3 Å². The van der Waals surface area contributed by atoms with Gasteiger partial charge in [-0.2, -0.15) is 13.2 Å². The zero-order valence-electron chi connectivity index (χ0n) is 10.4. The zero-order valence-corrected chi connectivity index (χ0v) is 10.4. The molecular weight excluding hydrogens is 257 g/mol. The molecule has 0 saturated heterocycles. The molecule has 1 atom stereocenters. The summed E-state index contributed by atoms with van der Waals surface area (Å²) in [6.07, 6.45) is -4.62. The first kappa shape index (κ1) is 13.9. The van der Waals surface area contributed by atoms with E-state index in [1.54, 1.807) is 30.3 Å². The number of carbonyl (C=O) groups excluding carboxylic acids is 1. The van der Waals surface area contributed by atoms with Crippen LogP contribution >= 0.6 is 0 Å². The molecule has 0 spiro atoms. The Morgan fingerprint density at radius 2 is 1.79 bits per heavy atom. The zero-order chi connectivity index (χ0) is 14.3. The van der Waals surface area contributed by atoms with E-state index in [1.807, 2.05) is 0 Å². The monoisotopic (exact) mass is 272 g/mol. The Morgan fingerprint density at radius 3 is 2.21 bits per heavy atom. The van der Waals surface area contributed by atoms with E-state index in [1.165, 1.54) is 6.92 Å². The molecule has 0 heterocycles. The summed E-state index contributed by atoms with van der Waals surface area (Å²) in [5.74, 6) is -0.812. The van der Waals surface area contributed by atoms with Crippen LogP contribution in [0, 0.1) is 0 Å². The highest BCUT2D eigenvalue weighted by molar-refractivity contribution is 5.88. The molecule has 1 amide bonds. The molecule has 0 aromatic heterocycles. The fourth-order valence-corrected chi connectivity index (χ4v) is 1.87. The summed E-state index contributed by atoms with van der Waals surface area (Å²) in [7, 11) is 0. The van der Waals surface area contributed by atoms with Gasteiger partial charge in [0.2, 0.25) is 5.91 Å². The maximum atomic E-state index is 12.8. The normalized spacial score (nSPS) is 20.5. The van der Waals surface area contributed by atoms with Crippen LogP contribution in [0.25, 0.3) is 0 Å². The largest absolute Gasteiger partial charge is 0.411 e. The average Bonchev–Trinajstić information content (AvgIpc) is 3.10. The van der Waals surface area contributed by atoms with Gasteiger partial charge < -0.3 is 11.1 Å². The van der Waals surface area contributed by atoms with Crippen LogP contribution in [0.1, 0.15) is 25.3 Å². The van der Waals surface area contributed by atoms with Crippen molar-refractivity contribution < 1.29 is 18.0 Å². The molecule has 0 aliphatic heterocycles. The molecule has 1 fully saturated rings. The van der Waals surface area contributed by atoms with E-state index < -0.39 is 23.2 Å². The highest BCUT2D eigenvalue weighted by atomic mass is 19.4. The Bertz CT molecular complexity index is 478. The number of amides is 1. The smallest absolute Gasteiger partial charge is 0.340 e. The first-order chi connectivity index (χ1) is 8.69. The van der Waals surface area contributed by atoms with Gasteiger partial charge >= 0.3 is 6.18 Å². The third-order valence-corrected chi connectivity index (χ3v) is 3.49. The van der Waals surface area contributed by atoms with Crippen molar-refractivity contribution in [2.75, 3.05) is 0 Å². The summed E-state index contributed by atoms with van der Waals surface area (Å²) < 4.78 is 38.4. The lowest BCUT2D eigenvalue weighted by Crippen LogP contribution is -2.56. The van der Waals surface area contributed by atoms with Crippen LogP contribution in [0.2, 0.25) is 0 Å². The lowest BCUT2D eigenvalue weighted by atomic mass is 9.92. The third kappa shape index (κ3) is 2.45. The van der Waals surface area contributed by atoms with Crippen molar-refractivity contribution >= 4 is 5.91 Å². The standard InChI is InChI=1S/C13H15F3N2O/c1-11(17,9-5-3-2-4-6-9)10(19)18-12(7-8-12)13(14,15)16/h2-6H,7-8,17H2,1H3,(H,18,19). The summed E-state index contributed by atoms with van der Waals surface area (Å²) in [5, 5.41) is 2.06. The van der Waals surface area contributed by atoms with Crippen LogP contribution in [0.5, 0.6) is 0 Å². The average molecular weight is 272 g/mol. The Balaban J connectivity index is 2.17. The van der Waals surface area contributed by atoms with Crippen LogP contribution < -0.4 is 11.1 Å². The van der Waals surface area contributed by atoms with Gasteiger partial charge in [0.05, 0.1) is 0 Å². The summed E-state index contributed by atoms with van der Waals surface area (Å²) in [6.45, 7) is 1.41. The molecule has 1 unspecified atom stereocenters. The Morgan fingerprint density at radius 1 is 1.26 bits per heavy atom. The van der Waals surface area contributed by atoms with E-state index in [4.69, 9.17) is 5.73 Å². The summed E-state index contributed by atoms with van der Waals surface area (Å²) in [4.78, 5) is 12.0.